The van der Waals surface area contributed by atoms with E-state index in [1.54, 1.807) is 11.8 Å². The molecule has 1 fully saturated rings. The molecule has 1 aromatic heterocycles. The van der Waals surface area contributed by atoms with Crippen LogP contribution in [0, 0.1) is 6.92 Å². The van der Waals surface area contributed by atoms with Gasteiger partial charge in [-0.1, -0.05) is 12.1 Å². The predicted octanol–water partition coefficient (Wildman–Crippen LogP) is 1.32. The Morgan fingerprint density at radius 2 is 2.26 bits per heavy atom. The lowest BCUT2D eigenvalue weighted by Crippen LogP contribution is -2.41. The predicted molar refractivity (Wildman–Crippen MR) is 66.7 cm³/mol. The van der Waals surface area contributed by atoms with Crippen LogP contribution in [0.1, 0.15) is 41.6 Å². The molecule has 6 nitrogen and oxygen atoms in total. The molecule has 6 heteroatoms. The number of hydrogen-bond donors (Lipinski definition) is 0. The van der Waals surface area contributed by atoms with Gasteiger partial charge in [0.25, 0.3) is 5.91 Å². The molecule has 0 bridgehead atoms. The molecule has 19 heavy (non-hydrogen) atoms. The van der Waals surface area contributed by atoms with Gasteiger partial charge in [0.15, 0.2) is 0 Å². The average Bonchev–Trinajstić information content (AvgIpc) is 3.03. The maximum atomic E-state index is 12.6. The number of rotatable bonds is 3. The summed E-state index contributed by atoms with van der Waals surface area (Å²) in [6.45, 7) is 4.19. The highest BCUT2D eigenvalue weighted by Gasteiger charge is 2.37. The summed E-state index contributed by atoms with van der Waals surface area (Å²) in [6, 6.07) is -0.489. The molecule has 1 aliphatic heterocycles. The number of aromatic nitrogens is 1. The Labute approximate surface area is 111 Å². The zero-order chi connectivity index (χ0) is 14.0. The van der Waals surface area contributed by atoms with Gasteiger partial charge in [0, 0.05) is 6.54 Å². The van der Waals surface area contributed by atoms with Crippen molar-refractivity contribution in [2.75, 3.05) is 13.7 Å². The van der Waals surface area contributed by atoms with Gasteiger partial charge < -0.3 is 14.2 Å². The maximum absolute atomic E-state index is 12.6. The van der Waals surface area contributed by atoms with E-state index in [0.29, 0.717) is 36.4 Å². The molecule has 0 saturated carbocycles. The standard InChI is InChI=1S/C13H18N2O4/c1-4-9-11(8(2)19-14-9)12(16)15-7-5-6-10(15)13(17)18-3/h10H,4-7H2,1-3H3. The van der Waals surface area contributed by atoms with Crippen molar-refractivity contribution in [3.05, 3.63) is 17.0 Å². The van der Waals surface area contributed by atoms with Gasteiger partial charge in [0.2, 0.25) is 0 Å². The number of amides is 1. The molecule has 1 aliphatic rings. The zero-order valence-corrected chi connectivity index (χ0v) is 11.4. The van der Waals surface area contributed by atoms with Crippen molar-refractivity contribution in [1.82, 2.24) is 10.1 Å². The van der Waals surface area contributed by atoms with Gasteiger partial charge in [-0.2, -0.15) is 0 Å². The van der Waals surface area contributed by atoms with Gasteiger partial charge in [0.1, 0.15) is 17.4 Å². The Bertz CT molecular complexity index is 495. The van der Waals surface area contributed by atoms with Gasteiger partial charge >= 0.3 is 5.97 Å². The Kier molecular flexibility index (Phi) is 3.87. The summed E-state index contributed by atoms with van der Waals surface area (Å²) in [5, 5.41) is 3.88. The molecule has 0 aliphatic carbocycles. The Morgan fingerprint density at radius 3 is 2.89 bits per heavy atom. The van der Waals surface area contributed by atoms with Gasteiger partial charge in [-0.25, -0.2) is 4.79 Å². The first kappa shape index (κ1) is 13.6. The first-order valence-electron chi connectivity index (χ1n) is 6.44. The fraction of sp³-hybridized carbons (Fsp3) is 0.615. The van der Waals surface area contributed by atoms with E-state index in [1.165, 1.54) is 7.11 Å². The lowest BCUT2D eigenvalue weighted by Gasteiger charge is -2.22. The molecule has 0 spiro atoms. The number of hydrogen-bond acceptors (Lipinski definition) is 5. The lowest BCUT2D eigenvalue weighted by atomic mass is 10.1. The summed E-state index contributed by atoms with van der Waals surface area (Å²) in [6.07, 6.45) is 2.07. The minimum absolute atomic E-state index is 0.191. The monoisotopic (exact) mass is 266 g/mol. The highest BCUT2D eigenvalue weighted by atomic mass is 16.5. The van der Waals surface area contributed by atoms with Crippen LogP contribution in [0.15, 0.2) is 4.52 Å². The highest BCUT2D eigenvalue weighted by Crippen LogP contribution is 2.24. The second-order valence-corrected chi connectivity index (χ2v) is 4.59. The topological polar surface area (TPSA) is 72.6 Å². The molecule has 2 heterocycles. The van der Waals surface area contributed by atoms with E-state index in [0.717, 1.165) is 6.42 Å². The minimum Gasteiger partial charge on any atom is -0.467 e. The molecule has 0 radical (unpaired) electrons. The Morgan fingerprint density at radius 1 is 1.53 bits per heavy atom. The number of nitrogens with zero attached hydrogens (tertiary/aromatic N) is 2. The van der Waals surface area contributed by atoms with Crippen LogP contribution in [0.3, 0.4) is 0 Å². The van der Waals surface area contributed by atoms with Crippen LogP contribution >= 0.6 is 0 Å². The fourth-order valence-corrected chi connectivity index (χ4v) is 2.47. The van der Waals surface area contributed by atoms with E-state index in [1.807, 2.05) is 6.92 Å². The third-order valence-corrected chi connectivity index (χ3v) is 3.47. The molecule has 1 saturated heterocycles. The zero-order valence-electron chi connectivity index (χ0n) is 11.4. The van der Waals surface area contributed by atoms with E-state index < -0.39 is 6.04 Å². The first-order valence-corrected chi connectivity index (χ1v) is 6.44. The molecule has 1 atom stereocenters. The van der Waals surface area contributed by atoms with Crippen LogP contribution in [-0.4, -0.2) is 41.6 Å². The van der Waals surface area contributed by atoms with Gasteiger partial charge in [-0.3, -0.25) is 4.79 Å². The molecule has 104 valence electrons. The van der Waals surface area contributed by atoms with E-state index >= 15 is 0 Å². The molecule has 1 unspecified atom stereocenters. The van der Waals surface area contributed by atoms with Crippen molar-refractivity contribution in [2.24, 2.45) is 0 Å². The van der Waals surface area contributed by atoms with Crippen LogP contribution in [-0.2, 0) is 16.0 Å². The van der Waals surface area contributed by atoms with Crippen LogP contribution in [0.4, 0.5) is 0 Å². The van der Waals surface area contributed by atoms with Crippen LogP contribution in [0.25, 0.3) is 0 Å². The number of methoxy groups -OCH3 is 1. The van der Waals surface area contributed by atoms with E-state index in [9.17, 15) is 9.59 Å². The summed E-state index contributed by atoms with van der Waals surface area (Å²) in [4.78, 5) is 25.8. The lowest BCUT2D eigenvalue weighted by molar-refractivity contribution is -0.145. The van der Waals surface area contributed by atoms with E-state index in [-0.39, 0.29) is 11.9 Å². The molecular formula is C13H18N2O4. The molecular weight excluding hydrogens is 248 g/mol. The summed E-state index contributed by atoms with van der Waals surface area (Å²) in [5.41, 5.74) is 1.12. The normalized spacial score (nSPS) is 18.7. The van der Waals surface area contributed by atoms with Crippen molar-refractivity contribution < 1.29 is 18.8 Å². The quantitative estimate of drug-likeness (QED) is 0.771. The number of ether oxygens (including phenoxy) is 1. The van der Waals surface area contributed by atoms with Crippen LogP contribution < -0.4 is 0 Å². The molecule has 1 amide bonds. The van der Waals surface area contributed by atoms with Crippen LogP contribution in [0.2, 0.25) is 0 Å². The summed E-state index contributed by atoms with van der Waals surface area (Å²) >= 11 is 0. The Hall–Kier alpha value is -1.85. The maximum Gasteiger partial charge on any atom is 0.328 e. The SMILES string of the molecule is CCc1noc(C)c1C(=O)N1CCCC1C(=O)OC. The third-order valence-electron chi connectivity index (χ3n) is 3.47. The molecule has 0 aromatic carbocycles. The number of carbonyl (C=O) groups excluding carboxylic acids is 2. The second-order valence-electron chi connectivity index (χ2n) is 4.59. The first-order chi connectivity index (χ1) is 9.10. The van der Waals surface area contributed by atoms with Crippen molar-refractivity contribution in [1.29, 1.82) is 0 Å². The highest BCUT2D eigenvalue weighted by molar-refractivity contribution is 5.98. The number of aryl methyl sites for hydroxylation is 2. The summed E-state index contributed by atoms with van der Waals surface area (Å²) in [5.74, 6) is -0.0566. The third kappa shape index (κ3) is 2.34. The number of carbonyl (C=O) groups is 2. The number of likely N-dealkylation sites (tertiary alicyclic amines) is 1. The summed E-state index contributed by atoms with van der Waals surface area (Å²) in [7, 11) is 1.34. The van der Waals surface area contributed by atoms with Gasteiger partial charge in [-0.05, 0) is 26.2 Å². The van der Waals surface area contributed by atoms with Crippen LogP contribution in [0.5, 0.6) is 0 Å². The van der Waals surface area contributed by atoms with Crippen molar-refractivity contribution >= 4 is 11.9 Å². The Balaban J connectivity index is 2.28. The molecule has 0 N–H and O–H groups in total. The molecule has 1 aromatic rings. The van der Waals surface area contributed by atoms with Gasteiger partial charge in [-0.15, -0.1) is 0 Å². The van der Waals surface area contributed by atoms with Crippen molar-refractivity contribution in [3.8, 4) is 0 Å². The van der Waals surface area contributed by atoms with Crippen molar-refractivity contribution in [2.45, 2.75) is 39.2 Å². The van der Waals surface area contributed by atoms with Gasteiger partial charge in [0.05, 0.1) is 12.8 Å². The smallest absolute Gasteiger partial charge is 0.328 e. The summed E-state index contributed by atoms with van der Waals surface area (Å²) < 4.78 is 9.82. The largest absolute Gasteiger partial charge is 0.467 e. The van der Waals surface area contributed by atoms with E-state index in [2.05, 4.69) is 5.16 Å². The minimum atomic E-state index is -0.489. The van der Waals surface area contributed by atoms with E-state index in [4.69, 9.17) is 9.26 Å². The fourth-order valence-electron chi connectivity index (χ4n) is 2.47. The average molecular weight is 266 g/mol. The second kappa shape index (κ2) is 5.42. The number of esters is 1. The molecule has 2 rings (SSSR count). The van der Waals surface area contributed by atoms with Crippen molar-refractivity contribution in [3.63, 3.8) is 0 Å².